The van der Waals surface area contributed by atoms with Crippen molar-refractivity contribution in [3.63, 3.8) is 0 Å². The number of hydrogen-bond acceptors (Lipinski definition) is 3. The molecular formula is C19H18FNO3. The van der Waals surface area contributed by atoms with E-state index in [0.717, 1.165) is 11.1 Å². The Morgan fingerprint density at radius 1 is 1.21 bits per heavy atom. The van der Waals surface area contributed by atoms with E-state index in [1.54, 1.807) is 12.1 Å². The van der Waals surface area contributed by atoms with E-state index in [1.165, 1.54) is 17.0 Å². The molecule has 0 aliphatic carbocycles. The van der Waals surface area contributed by atoms with Crippen molar-refractivity contribution in [3.05, 3.63) is 65.5 Å². The number of carbonyl (C=O) groups is 2. The molecule has 0 bridgehead atoms. The van der Waals surface area contributed by atoms with Crippen LogP contribution in [0.15, 0.2) is 48.5 Å². The average Bonchev–Trinajstić information content (AvgIpc) is 2.96. The molecule has 1 saturated heterocycles. The molecule has 124 valence electrons. The first-order valence-corrected chi connectivity index (χ1v) is 7.81. The van der Waals surface area contributed by atoms with Crippen LogP contribution in [0.25, 0.3) is 0 Å². The minimum absolute atomic E-state index is 0.0427. The van der Waals surface area contributed by atoms with Crippen LogP contribution in [0.3, 0.4) is 0 Å². The molecule has 4 nitrogen and oxygen atoms in total. The lowest BCUT2D eigenvalue weighted by atomic mass is 10.1. The second kappa shape index (κ2) is 6.83. The molecule has 0 N–H and O–H groups in total. The van der Waals surface area contributed by atoms with Gasteiger partial charge in [-0.1, -0.05) is 42.0 Å². The van der Waals surface area contributed by atoms with Crippen molar-refractivity contribution >= 4 is 17.6 Å². The third kappa shape index (κ3) is 3.45. The van der Waals surface area contributed by atoms with Crippen LogP contribution < -0.4 is 4.90 Å². The first-order valence-electron chi connectivity index (χ1n) is 7.81. The van der Waals surface area contributed by atoms with Gasteiger partial charge in [0.15, 0.2) is 0 Å². The van der Waals surface area contributed by atoms with Crippen molar-refractivity contribution in [1.29, 1.82) is 0 Å². The zero-order chi connectivity index (χ0) is 17.1. The summed E-state index contributed by atoms with van der Waals surface area (Å²) in [5, 5.41) is 0. The maximum Gasteiger partial charge on any atom is 0.311 e. The van der Waals surface area contributed by atoms with Crippen LogP contribution in [0, 0.1) is 18.7 Å². The van der Waals surface area contributed by atoms with Gasteiger partial charge >= 0.3 is 5.97 Å². The fourth-order valence-electron chi connectivity index (χ4n) is 2.73. The number of rotatable bonds is 4. The van der Waals surface area contributed by atoms with Crippen molar-refractivity contribution < 1.29 is 18.7 Å². The Morgan fingerprint density at radius 3 is 2.62 bits per heavy atom. The summed E-state index contributed by atoms with van der Waals surface area (Å²) in [7, 11) is 0. The number of amides is 1. The van der Waals surface area contributed by atoms with E-state index in [4.69, 9.17) is 4.74 Å². The normalized spacial score (nSPS) is 17.2. The molecular weight excluding hydrogens is 309 g/mol. The molecule has 24 heavy (non-hydrogen) atoms. The van der Waals surface area contributed by atoms with Gasteiger partial charge in [-0.3, -0.25) is 9.59 Å². The fourth-order valence-corrected chi connectivity index (χ4v) is 2.73. The maximum absolute atomic E-state index is 13.8. The second-order valence-electron chi connectivity index (χ2n) is 5.95. The summed E-state index contributed by atoms with van der Waals surface area (Å²) >= 11 is 0. The summed E-state index contributed by atoms with van der Waals surface area (Å²) in [5.41, 5.74) is 2.23. The highest BCUT2D eigenvalue weighted by atomic mass is 19.1. The number of esters is 1. The summed E-state index contributed by atoms with van der Waals surface area (Å²) in [6, 6.07) is 13.7. The molecule has 1 aliphatic heterocycles. The number of benzene rings is 2. The fraction of sp³-hybridized carbons (Fsp3) is 0.263. The van der Waals surface area contributed by atoms with Crippen LogP contribution in [0.4, 0.5) is 10.1 Å². The Morgan fingerprint density at radius 2 is 1.92 bits per heavy atom. The summed E-state index contributed by atoms with van der Waals surface area (Å²) in [5.74, 6) is -1.73. The highest BCUT2D eigenvalue weighted by Crippen LogP contribution is 2.28. The topological polar surface area (TPSA) is 46.6 Å². The predicted molar refractivity (Wildman–Crippen MR) is 87.8 cm³/mol. The van der Waals surface area contributed by atoms with E-state index >= 15 is 0 Å². The second-order valence-corrected chi connectivity index (χ2v) is 5.95. The van der Waals surface area contributed by atoms with Crippen molar-refractivity contribution in [1.82, 2.24) is 0 Å². The van der Waals surface area contributed by atoms with Crippen LogP contribution in [0.5, 0.6) is 0 Å². The number of nitrogens with zero attached hydrogens (tertiary/aromatic N) is 1. The molecule has 1 amide bonds. The Hall–Kier alpha value is -2.69. The van der Waals surface area contributed by atoms with E-state index in [0.29, 0.717) is 0 Å². The number of halogens is 1. The molecule has 1 atom stereocenters. The molecule has 0 unspecified atom stereocenters. The first kappa shape index (κ1) is 16.2. The van der Waals surface area contributed by atoms with E-state index in [-0.39, 0.29) is 31.2 Å². The molecule has 1 aliphatic rings. The third-order valence-electron chi connectivity index (χ3n) is 4.10. The van der Waals surface area contributed by atoms with Crippen molar-refractivity contribution in [2.45, 2.75) is 20.0 Å². The minimum Gasteiger partial charge on any atom is -0.461 e. The van der Waals surface area contributed by atoms with Gasteiger partial charge < -0.3 is 9.64 Å². The number of anilines is 1. The molecule has 1 heterocycles. The van der Waals surface area contributed by atoms with Gasteiger partial charge in [-0.15, -0.1) is 0 Å². The van der Waals surface area contributed by atoms with E-state index in [2.05, 4.69) is 0 Å². The van der Waals surface area contributed by atoms with Gasteiger partial charge in [0.05, 0.1) is 11.6 Å². The maximum atomic E-state index is 13.8. The molecule has 1 fully saturated rings. The molecule has 0 spiro atoms. The predicted octanol–water partition coefficient (Wildman–Crippen LogP) is 3.23. The van der Waals surface area contributed by atoms with Gasteiger partial charge in [0.2, 0.25) is 5.91 Å². The Kier molecular flexibility index (Phi) is 4.60. The monoisotopic (exact) mass is 327 g/mol. The summed E-state index contributed by atoms with van der Waals surface area (Å²) < 4.78 is 19.1. The van der Waals surface area contributed by atoms with Crippen molar-refractivity contribution in [2.24, 2.45) is 5.92 Å². The smallest absolute Gasteiger partial charge is 0.311 e. The minimum atomic E-state index is -0.567. The number of para-hydroxylation sites is 1. The number of aryl methyl sites for hydroxylation is 1. The van der Waals surface area contributed by atoms with E-state index in [9.17, 15) is 14.0 Å². The Bertz CT molecular complexity index is 757. The largest absolute Gasteiger partial charge is 0.461 e. The van der Waals surface area contributed by atoms with E-state index in [1.807, 2.05) is 31.2 Å². The lowest BCUT2D eigenvalue weighted by molar-refractivity contribution is -0.149. The van der Waals surface area contributed by atoms with Gasteiger partial charge in [0.25, 0.3) is 0 Å². The number of carbonyl (C=O) groups excluding carboxylic acids is 2. The SMILES string of the molecule is Cc1ccc(COC(=O)[C@H]2CC(=O)N(c3ccccc3F)C2)cc1. The molecule has 2 aromatic carbocycles. The lowest BCUT2D eigenvalue weighted by Crippen LogP contribution is -2.27. The van der Waals surface area contributed by atoms with Crippen LogP contribution in [0.1, 0.15) is 17.5 Å². The summed E-state index contributed by atoms with van der Waals surface area (Å²) in [6.45, 7) is 2.30. The van der Waals surface area contributed by atoms with Crippen LogP contribution in [-0.2, 0) is 20.9 Å². The van der Waals surface area contributed by atoms with Gasteiger partial charge in [-0.2, -0.15) is 0 Å². The van der Waals surface area contributed by atoms with Crippen LogP contribution >= 0.6 is 0 Å². The van der Waals surface area contributed by atoms with Gasteiger partial charge in [-0.05, 0) is 24.6 Å². The van der Waals surface area contributed by atoms with Gasteiger partial charge in [0, 0.05) is 13.0 Å². The molecule has 0 radical (unpaired) electrons. The average molecular weight is 327 g/mol. The molecule has 0 aromatic heterocycles. The van der Waals surface area contributed by atoms with Crippen LogP contribution in [0.2, 0.25) is 0 Å². The van der Waals surface area contributed by atoms with Gasteiger partial charge in [0.1, 0.15) is 12.4 Å². The Balaban J connectivity index is 1.62. The van der Waals surface area contributed by atoms with E-state index < -0.39 is 17.7 Å². The van der Waals surface area contributed by atoms with Crippen molar-refractivity contribution in [3.8, 4) is 0 Å². The lowest BCUT2D eigenvalue weighted by Gasteiger charge is -2.17. The molecule has 2 aromatic rings. The van der Waals surface area contributed by atoms with Gasteiger partial charge in [-0.25, -0.2) is 4.39 Å². The first-order chi connectivity index (χ1) is 11.5. The molecule has 3 rings (SSSR count). The standard InChI is InChI=1S/C19H18FNO3/c1-13-6-8-14(9-7-13)12-24-19(23)15-10-18(22)21(11-15)17-5-3-2-4-16(17)20/h2-9,15H,10-12H2,1H3/t15-/m0/s1. The molecule has 0 saturated carbocycles. The van der Waals surface area contributed by atoms with Crippen molar-refractivity contribution in [2.75, 3.05) is 11.4 Å². The highest BCUT2D eigenvalue weighted by molar-refractivity contribution is 5.99. The molecule has 5 heteroatoms. The third-order valence-corrected chi connectivity index (χ3v) is 4.10. The zero-order valence-corrected chi connectivity index (χ0v) is 13.4. The summed E-state index contributed by atoms with van der Waals surface area (Å²) in [4.78, 5) is 25.6. The summed E-state index contributed by atoms with van der Waals surface area (Å²) in [6.07, 6.45) is 0.0427. The van der Waals surface area contributed by atoms with Crippen LogP contribution in [-0.4, -0.2) is 18.4 Å². The Labute approximate surface area is 139 Å². The zero-order valence-electron chi connectivity index (χ0n) is 13.4. The highest BCUT2D eigenvalue weighted by Gasteiger charge is 2.37. The number of hydrogen-bond donors (Lipinski definition) is 0. The number of ether oxygens (including phenoxy) is 1. The quantitative estimate of drug-likeness (QED) is 0.810.